The molecule has 0 fully saturated rings. The summed E-state index contributed by atoms with van der Waals surface area (Å²) in [6.07, 6.45) is 6.95. The molecule has 0 saturated heterocycles. The quantitative estimate of drug-likeness (QED) is 0.733. The van der Waals surface area contributed by atoms with Crippen LogP contribution < -0.4 is 0 Å². The van der Waals surface area contributed by atoms with Crippen molar-refractivity contribution in [3.8, 4) is 0 Å². The van der Waals surface area contributed by atoms with Gasteiger partial charge in [-0.15, -0.1) is 0 Å². The molecule has 1 amide bonds. The zero-order chi connectivity index (χ0) is 19.7. The summed E-state index contributed by atoms with van der Waals surface area (Å²) in [4.78, 5) is 19.3. The smallest absolute Gasteiger partial charge is 0.274 e. The fraction of sp³-hybridized carbons (Fsp3) is 0.409. The molecule has 146 valence electrons. The van der Waals surface area contributed by atoms with Crippen LogP contribution in [0.25, 0.3) is 0 Å². The molecule has 0 aliphatic heterocycles. The molecule has 1 aliphatic rings. The van der Waals surface area contributed by atoms with Crippen molar-refractivity contribution in [2.75, 3.05) is 7.05 Å². The van der Waals surface area contributed by atoms with Crippen LogP contribution in [-0.4, -0.2) is 37.6 Å². The highest BCUT2D eigenvalue weighted by Gasteiger charge is 2.28. The van der Waals surface area contributed by atoms with Crippen molar-refractivity contribution in [3.63, 3.8) is 0 Å². The highest BCUT2D eigenvalue weighted by molar-refractivity contribution is 5.92. The van der Waals surface area contributed by atoms with Crippen LogP contribution >= 0.6 is 0 Å². The number of rotatable bonds is 5. The number of nitrogens with zero attached hydrogens (tertiary/aromatic N) is 4. The number of fused-ring (bicyclic) bond motifs is 1. The first-order chi connectivity index (χ1) is 13.5. The summed E-state index contributed by atoms with van der Waals surface area (Å²) in [5.41, 5.74) is 3.98. The third kappa shape index (κ3) is 3.46. The van der Waals surface area contributed by atoms with E-state index in [1.807, 2.05) is 30.4 Å². The first kappa shape index (κ1) is 18.5. The zero-order valence-electron chi connectivity index (χ0n) is 16.7. The average Bonchev–Trinajstić information content (AvgIpc) is 3.36. The van der Waals surface area contributed by atoms with E-state index in [0.717, 1.165) is 30.8 Å². The number of H-pyrrole nitrogens is 1. The molecule has 3 aromatic rings. The van der Waals surface area contributed by atoms with E-state index in [-0.39, 0.29) is 11.9 Å². The Labute approximate surface area is 165 Å². The lowest BCUT2D eigenvalue weighted by molar-refractivity contribution is 0.0709. The Morgan fingerprint density at radius 3 is 3.00 bits per heavy atom. The Morgan fingerprint density at radius 2 is 2.18 bits per heavy atom. The molecule has 2 aromatic heterocycles. The number of nitrogens with one attached hydrogen (secondary N) is 1. The molecule has 6 heteroatoms. The van der Waals surface area contributed by atoms with Crippen molar-refractivity contribution in [1.29, 1.82) is 0 Å². The molecule has 4 rings (SSSR count). The lowest BCUT2D eigenvalue weighted by Gasteiger charge is -2.32. The van der Waals surface area contributed by atoms with Gasteiger partial charge in [-0.3, -0.25) is 9.89 Å². The number of hydrogen-bond acceptors (Lipinski definition) is 3. The first-order valence-electron chi connectivity index (χ1n) is 9.95. The molecule has 6 nitrogen and oxygen atoms in total. The number of amides is 1. The molecular weight excluding hydrogens is 350 g/mol. The predicted octanol–water partition coefficient (Wildman–Crippen LogP) is 3.93. The summed E-state index contributed by atoms with van der Waals surface area (Å²) in [5.74, 6) is 1.33. The third-order valence-electron chi connectivity index (χ3n) is 5.58. The van der Waals surface area contributed by atoms with E-state index in [9.17, 15) is 4.79 Å². The molecule has 1 N–H and O–H groups in total. The Kier molecular flexibility index (Phi) is 5.03. The van der Waals surface area contributed by atoms with Gasteiger partial charge in [0.2, 0.25) is 0 Å². The van der Waals surface area contributed by atoms with Gasteiger partial charge in [0.25, 0.3) is 5.91 Å². The molecule has 2 heterocycles. The average molecular weight is 377 g/mol. The van der Waals surface area contributed by atoms with E-state index < -0.39 is 0 Å². The fourth-order valence-corrected chi connectivity index (χ4v) is 4.14. The van der Waals surface area contributed by atoms with Crippen LogP contribution in [0.1, 0.15) is 71.8 Å². The molecule has 1 unspecified atom stereocenters. The van der Waals surface area contributed by atoms with Gasteiger partial charge in [-0.05, 0) is 36.5 Å². The van der Waals surface area contributed by atoms with E-state index in [0.29, 0.717) is 18.2 Å². The second-order valence-corrected chi connectivity index (χ2v) is 7.87. The number of aromatic amines is 1. The van der Waals surface area contributed by atoms with E-state index in [2.05, 4.69) is 57.9 Å². The summed E-state index contributed by atoms with van der Waals surface area (Å²) in [5, 5.41) is 7.32. The summed E-state index contributed by atoms with van der Waals surface area (Å²) >= 11 is 0. The number of hydrogen-bond donors (Lipinski definition) is 1. The molecule has 0 bridgehead atoms. The molecule has 1 aliphatic carbocycles. The number of aromatic nitrogens is 4. The van der Waals surface area contributed by atoms with Gasteiger partial charge in [-0.1, -0.05) is 38.1 Å². The first-order valence-corrected chi connectivity index (χ1v) is 9.95. The molecule has 1 aromatic carbocycles. The number of aryl methyl sites for hydroxylation is 1. The van der Waals surface area contributed by atoms with Crippen molar-refractivity contribution in [2.24, 2.45) is 0 Å². The minimum Gasteiger partial charge on any atom is -0.333 e. The molecule has 28 heavy (non-hydrogen) atoms. The monoisotopic (exact) mass is 377 g/mol. The maximum Gasteiger partial charge on any atom is 0.274 e. The van der Waals surface area contributed by atoms with Crippen molar-refractivity contribution >= 4 is 5.91 Å². The van der Waals surface area contributed by atoms with Gasteiger partial charge in [0.15, 0.2) is 0 Å². The van der Waals surface area contributed by atoms with E-state index in [4.69, 9.17) is 0 Å². The van der Waals surface area contributed by atoms with Crippen LogP contribution in [0.3, 0.4) is 0 Å². The van der Waals surface area contributed by atoms with Crippen molar-refractivity contribution < 1.29 is 4.79 Å². The molecular formula is C22H27N5O. The van der Waals surface area contributed by atoms with Crippen LogP contribution in [-0.2, 0) is 13.0 Å². The van der Waals surface area contributed by atoms with E-state index in [1.54, 1.807) is 0 Å². The van der Waals surface area contributed by atoms with E-state index >= 15 is 0 Å². The highest BCUT2D eigenvalue weighted by Crippen LogP contribution is 2.34. The lowest BCUT2D eigenvalue weighted by Crippen LogP contribution is -2.33. The van der Waals surface area contributed by atoms with Crippen LogP contribution in [0.2, 0.25) is 0 Å². The lowest BCUT2D eigenvalue weighted by atomic mass is 9.87. The van der Waals surface area contributed by atoms with Crippen LogP contribution in [0.15, 0.2) is 42.7 Å². The van der Waals surface area contributed by atoms with Gasteiger partial charge in [0.1, 0.15) is 11.5 Å². The summed E-state index contributed by atoms with van der Waals surface area (Å²) in [7, 11) is 1.89. The summed E-state index contributed by atoms with van der Waals surface area (Å²) in [6.45, 7) is 4.87. The fourth-order valence-electron chi connectivity index (χ4n) is 4.14. The zero-order valence-corrected chi connectivity index (χ0v) is 16.7. The summed E-state index contributed by atoms with van der Waals surface area (Å²) in [6, 6.07) is 10.4. The maximum atomic E-state index is 13.1. The standard InChI is InChI=1S/C22H27N5O/c1-15(2)21-23-11-12-27(21)14-17-13-19(25-24-17)22(28)26(3)20-10-6-8-16-7-4-5-9-18(16)20/h4-5,7,9,11-13,15,20H,6,8,10,14H2,1-3H3,(H,24,25). The maximum absolute atomic E-state index is 13.1. The van der Waals surface area contributed by atoms with Crippen molar-refractivity contribution in [2.45, 2.75) is 51.6 Å². The van der Waals surface area contributed by atoms with Gasteiger partial charge in [0, 0.05) is 25.4 Å². The second kappa shape index (κ2) is 7.62. The Bertz CT molecular complexity index is 971. The van der Waals surface area contributed by atoms with Gasteiger partial charge in [-0.2, -0.15) is 5.10 Å². The molecule has 0 saturated carbocycles. The summed E-state index contributed by atoms with van der Waals surface area (Å²) < 4.78 is 2.09. The van der Waals surface area contributed by atoms with Crippen LogP contribution in [0.5, 0.6) is 0 Å². The van der Waals surface area contributed by atoms with Crippen molar-refractivity contribution in [1.82, 2.24) is 24.6 Å². The third-order valence-corrected chi connectivity index (χ3v) is 5.58. The minimum absolute atomic E-state index is 0.0427. The van der Waals surface area contributed by atoms with Crippen molar-refractivity contribution in [3.05, 3.63) is 71.1 Å². The largest absolute Gasteiger partial charge is 0.333 e. The molecule has 1 atom stereocenters. The minimum atomic E-state index is -0.0427. The normalized spacial score (nSPS) is 16.2. The van der Waals surface area contributed by atoms with Crippen LogP contribution in [0.4, 0.5) is 0 Å². The number of benzene rings is 1. The SMILES string of the molecule is CC(C)c1nccn1Cc1cc(C(=O)N(C)C2CCCc3ccccc32)n[nH]1. The van der Waals surface area contributed by atoms with Crippen LogP contribution in [0, 0.1) is 0 Å². The Hall–Kier alpha value is -2.89. The van der Waals surface area contributed by atoms with E-state index in [1.165, 1.54) is 11.1 Å². The molecule has 0 spiro atoms. The Morgan fingerprint density at radius 1 is 1.36 bits per heavy atom. The van der Waals surface area contributed by atoms with Gasteiger partial charge in [-0.25, -0.2) is 4.98 Å². The Balaban J connectivity index is 1.51. The van der Waals surface area contributed by atoms with Gasteiger partial charge >= 0.3 is 0 Å². The topological polar surface area (TPSA) is 66.8 Å². The van der Waals surface area contributed by atoms with Gasteiger partial charge < -0.3 is 9.47 Å². The highest BCUT2D eigenvalue weighted by atomic mass is 16.2. The number of carbonyl (C=O) groups is 1. The molecule has 0 radical (unpaired) electrons. The van der Waals surface area contributed by atoms with Gasteiger partial charge in [0.05, 0.1) is 18.3 Å². The number of imidazole rings is 1. The predicted molar refractivity (Wildman–Crippen MR) is 108 cm³/mol. The second-order valence-electron chi connectivity index (χ2n) is 7.87. The number of carbonyl (C=O) groups excluding carboxylic acids is 1.